The Labute approximate surface area is 123 Å². The Morgan fingerprint density at radius 1 is 1.05 bits per heavy atom. The first-order valence-electron chi connectivity index (χ1n) is 7.79. The molecule has 0 spiro atoms. The Kier molecular flexibility index (Phi) is 2.72. The van der Waals surface area contributed by atoms with Crippen molar-refractivity contribution in [1.29, 1.82) is 0 Å². The van der Waals surface area contributed by atoms with Crippen LogP contribution >= 0.6 is 0 Å². The lowest BCUT2D eigenvalue weighted by atomic mass is 9.49. The zero-order chi connectivity index (χ0) is 14.6. The van der Waals surface area contributed by atoms with Gasteiger partial charge in [-0.2, -0.15) is 0 Å². The Morgan fingerprint density at radius 2 is 1.62 bits per heavy atom. The summed E-state index contributed by atoms with van der Waals surface area (Å²) < 4.78 is 5.46. The molecular weight excluding hydrogens is 268 g/mol. The van der Waals surface area contributed by atoms with Gasteiger partial charge >= 0.3 is 5.97 Å². The number of para-hydroxylation sites is 1. The number of phenolic OH excluding ortho intramolecular Hbond substituents is 2. The molecule has 4 saturated carbocycles. The number of rotatable bonds is 2. The molecule has 21 heavy (non-hydrogen) atoms. The van der Waals surface area contributed by atoms with Crippen molar-refractivity contribution in [2.45, 2.75) is 38.5 Å². The lowest BCUT2D eigenvalue weighted by molar-refractivity contribution is -0.161. The summed E-state index contributed by atoms with van der Waals surface area (Å²) >= 11 is 0. The number of benzene rings is 1. The van der Waals surface area contributed by atoms with Gasteiger partial charge in [-0.1, -0.05) is 6.07 Å². The monoisotopic (exact) mass is 288 g/mol. The number of hydrogen-bond acceptors (Lipinski definition) is 4. The minimum Gasteiger partial charge on any atom is -0.504 e. The lowest BCUT2D eigenvalue weighted by Gasteiger charge is -2.55. The van der Waals surface area contributed by atoms with Crippen LogP contribution in [0.25, 0.3) is 0 Å². The van der Waals surface area contributed by atoms with Gasteiger partial charge in [0.05, 0.1) is 5.41 Å². The topological polar surface area (TPSA) is 66.8 Å². The van der Waals surface area contributed by atoms with Crippen molar-refractivity contribution in [2.75, 3.05) is 0 Å². The van der Waals surface area contributed by atoms with Crippen molar-refractivity contribution in [1.82, 2.24) is 0 Å². The molecule has 4 nitrogen and oxygen atoms in total. The summed E-state index contributed by atoms with van der Waals surface area (Å²) in [5, 5.41) is 19.3. The predicted molar refractivity (Wildman–Crippen MR) is 76.0 cm³/mol. The van der Waals surface area contributed by atoms with Crippen LogP contribution in [0.5, 0.6) is 17.2 Å². The number of carbonyl (C=O) groups is 1. The van der Waals surface area contributed by atoms with Crippen LogP contribution in [0.4, 0.5) is 0 Å². The molecule has 112 valence electrons. The van der Waals surface area contributed by atoms with Gasteiger partial charge in [0.15, 0.2) is 11.5 Å². The zero-order valence-electron chi connectivity index (χ0n) is 11.9. The molecule has 4 bridgehead atoms. The molecule has 4 aliphatic rings. The minimum atomic E-state index is -0.355. The smallest absolute Gasteiger partial charge is 0.317 e. The van der Waals surface area contributed by atoms with Gasteiger partial charge in [0.25, 0.3) is 0 Å². The molecule has 0 heterocycles. The normalized spacial score (nSPS) is 36.7. The second kappa shape index (κ2) is 4.39. The van der Waals surface area contributed by atoms with Gasteiger partial charge in [-0.3, -0.25) is 4.79 Å². The summed E-state index contributed by atoms with van der Waals surface area (Å²) in [6.07, 6.45) is 6.59. The van der Waals surface area contributed by atoms with E-state index in [1.54, 1.807) is 6.07 Å². The molecule has 4 fully saturated rings. The first kappa shape index (κ1) is 13.0. The van der Waals surface area contributed by atoms with E-state index in [0.29, 0.717) is 17.8 Å². The second-order valence-electron chi connectivity index (χ2n) is 7.21. The SMILES string of the molecule is O=C(Oc1cccc(O)c1O)C12CC3CC(CC(C3)C1)C2. The van der Waals surface area contributed by atoms with E-state index in [-0.39, 0.29) is 28.6 Å². The molecule has 4 heteroatoms. The average molecular weight is 288 g/mol. The van der Waals surface area contributed by atoms with Crippen molar-refractivity contribution in [3.8, 4) is 17.2 Å². The molecule has 0 aromatic heterocycles. The highest BCUT2D eigenvalue weighted by atomic mass is 16.5. The zero-order valence-corrected chi connectivity index (χ0v) is 11.9. The maximum absolute atomic E-state index is 12.7. The van der Waals surface area contributed by atoms with Crippen LogP contribution in [-0.4, -0.2) is 16.2 Å². The van der Waals surface area contributed by atoms with Gasteiger partial charge in [0.2, 0.25) is 5.75 Å². The van der Waals surface area contributed by atoms with E-state index in [0.717, 1.165) is 19.3 Å². The number of ether oxygens (including phenoxy) is 1. The van der Waals surface area contributed by atoms with Crippen LogP contribution in [0, 0.1) is 23.2 Å². The summed E-state index contributed by atoms with van der Waals surface area (Å²) in [4.78, 5) is 12.7. The van der Waals surface area contributed by atoms with Crippen molar-refractivity contribution < 1.29 is 19.7 Å². The minimum absolute atomic E-state index is 0.0655. The van der Waals surface area contributed by atoms with E-state index < -0.39 is 0 Å². The molecule has 0 atom stereocenters. The summed E-state index contributed by atoms with van der Waals surface area (Å²) in [5.41, 5.74) is -0.355. The van der Waals surface area contributed by atoms with Crippen molar-refractivity contribution in [3.63, 3.8) is 0 Å². The average Bonchev–Trinajstić information content (AvgIpc) is 2.42. The van der Waals surface area contributed by atoms with Crippen molar-refractivity contribution in [2.24, 2.45) is 23.2 Å². The van der Waals surface area contributed by atoms with Crippen LogP contribution in [0.3, 0.4) is 0 Å². The third-order valence-electron chi connectivity index (χ3n) is 5.65. The number of esters is 1. The number of hydrogen-bond donors (Lipinski definition) is 2. The quantitative estimate of drug-likeness (QED) is 0.498. The Morgan fingerprint density at radius 3 is 2.19 bits per heavy atom. The molecule has 0 amide bonds. The van der Waals surface area contributed by atoms with Crippen molar-refractivity contribution in [3.05, 3.63) is 18.2 Å². The van der Waals surface area contributed by atoms with Gasteiger partial charge in [-0.25, -0.2) is 0 Å². The van der Waals surface area contributed by atoms with Gasteiger partial charge in [-0.05, 0) is 68.4 Å². The summed E-state index contributed by atoms with van der Waals surface area (Å²) in [6.45, 7) is 0. The first-order valence-corrected chi connectivity index (χ1v) is 7.79. The van der Waals surface area contributed by atoms with Gasteiger partial charge in [-0.15, -0.1) is 0 Å². The fourth-order valence-electron chi connectivity index (χ4n) is 5.16. The number of carbonyl (C=O) groups excluding carboxylic acids is 1. The molecule has 0 radical (unpaired) electrons. The fourth-order valence-corrected chi connectivity index (χ4v) is 5.16. The molecule has 1 aromatic carbocycles. The molecule has 0 aliphatic heterocycles. The Bertz CT molecular complexity index is 557. The summed E-state index contributed by atoms with van der Waals surface area (Å²) in [6, 6.07) is 4.46. The predicted octanol–water partition coefficient (Wildman–Crippen LogP) is 3.22. The number of aromatic hydroxyl groups is 2. The highest BCUT2D eigenvalue weighted by molar-refractivity contribution is 5.80. The van der Waals surface area contributed by atoms with Crippen LogP contribution in [0.1, 0.15) is 38.5 Å². The molecule has 2 N–H and O–H groups in total. The van der Waals surface area contributed by atoms with E-state index in [2.05, 4.69) is 0 Å². The molecule has 4 aliphatic carbocycles. The molecular formula is C17H20O4. The Hall–Kier alpha value is -1.71. The maximum atomic E-state index is 12.7. The molecule has 1 aromatic rings. The number of phenols is 2. The first-order chi connectivity index (χ1) is 10.1. The van der Waals surface area contributed by atoms with Crippen LogP contribution in [0.2, 0.25) is 0 Å². The molecule has 0 saturated heterocycles. The van der Waals surface area contributed by atoms with E-state index in [1.165, 1.54) is 31.4 Å². The second-order valence-corrected chi connectivity index (χ2v) is 7.21. The molecule has 5 rings (SSSR count). The van der Waals surface area contributed by atoms with Crippen LogP contribution < -0.4 is 4.74 Å². The van der Waals surface area contributed by atoms with Gasteiger partial charge in [0, 0.05) is 0 Å². The standard InChI is InChI=1S/C17H20O4/c18-13-2-1-3-14(15(13)19)21-16(20)17-7-10-4-11(8-17)6-12(5-10)9-17/h1-3,10-12,18-19H,4-9H2. The maximum Gasteiger partial charge on any atom is 0.317 e. The highest BCUT2D eigenvalue weighted by Gasteiger charge is 2.55. The van der Waals surface area contributed by atoms with Crippen LogP contribution in [-0.2, 0) is 4.79 Å². The van der Waals surface area contributed by atoms with Gasteiger partial charge in [0.1, 0.15) is 0 Å². The highest BCUT2D eigenvalue weighted by Crippen LogP contribution is 2.60. The Balaban J connectivity index is 1.59. The van der Waals surface area contributed by atoms with E-state index in [4.69, 9.17) is 4.74 Å². The van der Waals surface area contributed by atoms with Crippen LogP contribution in [0.15, 0.2) is 18.2 Å². The lowest BCUT2D eigenvalue weighted by Crippen LogP contribution is -2.51. The van der Waals surface area contributed by atoms with E-state index in [9.17, 15) is 15.0 Å². The van der Waals surface area contributed by atoms with E-state index >= 15 is 0 Å². The van der Waals surface area contributed by atoms with E-state index in [1.807, 2.05) is 0 Å². The summed E-state index contributed by atoms with van der Waals surface area (Å²) in [5.74, 6) is 1.24. The third kappa shape index (κ3) is 2.00. The molecule has 0 unspecified atom stereocenters. The fraction of sp³-hybridized carbons (Fsp3) is 0.588. The van der Waals surface area contributed by atoms with Crippen molar-refractivity contribution >= 4 is 5.97 Å². The largest absolute Gasteiger partial charge is 0.504 e. The summed E-state index contributed by atoms with van der Waals surface area (Å²) in [7, 11) is 0. The van der Waals surface area contributed by atoms with Gasteiger partial charge < -0.3 is 14.9 Å². The third-order valence-corrected chi connectivity index (χ3v) is 5.65.